The van der Waals surface area contributed by atoms with Gasteiger partial charge >= 0.3 is 0 Å². The zero-order valence-electron chi connectivity index (χ0n) is 10.1. The third kappa shape index (κ3) is 2.35. The van der Waals surface area contributed by atoms with Crippen molar-refractivity contribution in [1.82, 2.24) is 0 Å². The minimum Gasteiger partial charge on any atom is -0.397 e. The molecule has 1 saturated carbocycles. The molecule has 0 unspecified atom stereocenters. The molecule has 4 heteroatoms. The highest BCUT2D eigenvalue weighted by molar-refractivity contribution is 6.01. The van der Waals surface area contributed by atoms with Gasteiger partial charge in [0.15, 0.2) is 0 Å². The summed E-state index contributed by atoms with van der Waals surface area (Å²) in [4.78, 5) is 13.4. The quantitative estimate of drug-likeness (QED) is 0.776. The number of hydrogen-bond donors (Lipinski definition) is 2. The minimum absolute atomic E-state index is 0.423. The highest BCUT2D eigenvalue weighted by atomic mass is 16.1. The summed E-state index contributed by atoms with van der Waals surface area (Å²) in [5, 5.41) is 0. The molecule has 0 radical (unpaired) electrons. The van der Waals surface area contributed by atoms with Gasteiger partial charge in [0.25, 0.3) is 5.91 Å². The number of amides is 1. The maximum Gasteiger partial charge on any atom is 0.250 e. The molecule has 1 aliphatic rings. The highest BCUT2D eigenvalue weighted by Gasteiger charge is 2.22. The monoisotopic (exact) mass is 233 g/mol. The third-order valence-corrected chi connectivity index (χ3v) is 3.47. The molecule has 1 fully saturated rings. The Balaban J connectivity index is 2.25. The number of hydrogen-bond acceptors (Lipinski definition) is 3. The van der Waals surface area contributed by atoms with Crippen molar-refractivity contribution in [1.29, 1.82) is 0 Å². The first-order valence-corrected chi connectivity index (χ1v) is 5.99. The summed E-state index contributed by atoms with van der Waals surface area (Å²) < 4.78 is 0. The summed E-state index contributed by atoms with van der Waals surface area (Å²) in [5.74, 6) is 0.299. The molecule has 1 amide bonds. The molecule has 17 heavy (non-hydrogen) atoms. The lowest BCUT2D eigenvalue weighted by atomic mass is 9.85. The molecule has 0 aliphatic heterocycles. The van der Waals surface area contributed by atoms with Crippen molar-refractivity contribution in [2.75, 3.05) is 24.2 Å². The average molecular weight is 233 g/mol. The van der Waals surface area contributed by atoms with E-state index >= 15 is 0 Å². The zero-order valence-corrected chi connectivity index (χ0v) is 10.1. The van der Waals surface area contributed by atoms with Gasteiger partial charge in [-0.15, -0.1) is 0 Å². The van der Waals surface area contributed by atoms with Crippen LogP contribution in [-0.2, 0) is 0 Å². The van der Waals surface area contributed by atoms with E-state index in [-0.39, 0.29) is 0 Å². The van der Waals surface area contributed by atoms with E-state index in [4.69, 9.17) is 11.5 Å². The standard InChI is InChI=1S/C13H19N3O/c1-16(8-9-4-2-5-9)12-10(13(15)17)6-3-7-11(12)14/h3,6-7,9H,2,4-5,8,14H2,1H3,(H2,15,17). The molecule has 1 aromatic rings. The van der Waals surface area contributed by atoms with Crippen molar-refractivity contribution >= 4 is 17.3 Å². The molecule has 0 saturated heterocycles. The summed E-state index contributed by atoms with van der Waals surface area (Å²) in [7, 11) is 1.97. The summed E-state index contributed by atoms with van der Waals surface area (Å²) in [6.07, 6.45) is 3.84. The Bertz CT molecular complexity index is 427. The predicted molar refractivity (Wildman–Crippen MR) is 70.0 cm³/mol. The smallest absolute Gasteiger partial charge is 0.250 e. The summed E-state index contributed by atoms with van der Waals surface area (Å²) >= 11 is 0. The van der Waals surface area contributed by atoms with Crippen LogP contribution in [-0.4, -0.2) is 19.5 Å². The topological polar surface area (TPSA) is 72.3 Å². The molecular formula is C13H19N3O. The Morgan fingerprint density at radius 1 is 1.47 bits per heavy atom. The van der Waals surface area contributed by atoms with Crippen LogP contribution in [0.25, 0.3) is 0 Å². The molecule has 4 N–H and O–H groups in total. The molecule has 1 aliphatic carbocycles. The van der Waals surface area contributed by atoms with E-state index in [1.54, 1.807) is 18.2 Å². The normalized spacial score (nSPS) is 15.4. The van der Waals surface area contributed by atoms with E-state index in [9.17, 15) is 4.79 Å². The van der Waals surface area contributed by atoms with Crippen molar-refractivity contribution in [2.45, 2.75) is 19.3 Å². The predicted octanol–water partition coefficient (Wildman–Crippen LogP) is 1.60. The van der Waals surface area contributed by atoms with E-state index in [1.165, 1.54) is 19.3 Å². The second kappa shape index (κ2) is 4.65. The molecule has 4 nitrogen and oxygen atoms in total. The van der Waals surface area contributed by atoms with Crippen LogP contribution in [0.4, 0.5) is 11.4 Å². The zero-order chi connectivity index (χ0) is 12.4. The second-order valence-electron chi connectivity index (χ2n) is 4.79. The first-order chi connectivity index (χ1) is 8.09. The van der Waals surface area contributed by atoms with Crippen LogP contribution in [0, 0.1) is 5.92 Å². The van der Waals surface area contributed by atoms with E-state index in [0.29, 0.717) is 11.3 Å². The van der Waals surface area contributed by atoms with Gasteiger partial charge in [-0.25, -0.2) is 0 Å². The van der Waals surface area contributed by atoms with Crippen LogP contribution in [0.2, 0.25) is 0 Å². The lowest BCUT2D eigenvalue weighted by Crippen LogP contribution is -2.31. The van der Waals surface area contributed by atoms with Crippen molar-refractivity contribution in [2.24, 2.45) is 11.7 Å². The molecule has 0 bridgehead atoms. The summed E-state index contributed by atoms with van der Waals surface area (Å²) in [6.45, 7) is 0.939. The molecule has 92 valence electrons. The number of nitrogens with zero attached hydrogens (tertiary/aromatic N) is 1. The minimum atomic E-state index is -0.423. The molecule has 1 aromatic carbocycles. The summed E-state index contributed by atoms with van der Waals surface area (Å²) in [6, 6.07) is 5.29. The Labute approximate surface area is 102 Å². The number of carbonyl (C=O) groups excluding carboxylic acids is 1. The SMILES string of the molecule is CN(CC1CCC1)c1c(N)cccc1C(N)=O. The van der Waals surface area contributed by atoms with Crippen LogP contribution < -0.4 is 16.4 Å². The van der Waals surface area contributed by atoms with Crippen molar-refractivity contribution in [3.8, 4) is 0 Å². The molecule has 0 atom stereocenters. The maximum absolute atomic E-state index is 11.4. The molecule has 0 aromatic heterocycles. The Kier molecular flexibility index (Phi) is 3.22. The van der Waals surface area contributed by atoms with Gasteiger partial charge in [0.05, 0.1) is 16.9 Å². The van der Waals surface area contributed by atoms with E-state index < -0.39 is 5.91 Å². The fraction of sp³-hybridized carbons (Fsp3) is 0.462. The van der Waals surface area contributed by atoms with Gasteiger partial charge in [-0.1, -0.05) is 12.5 Å². The van der Waals surface area contributed by atoms with Crippen molar-refractivity contribution in [3.63, 3.8) is 0 Å². The van der Waals surface area contributed by atoms with Crippen molar-refractivity contribution in [3.05, 3.63) is 23.8 Å². The maximum atomic E-state index is 11.4. The van der Waals surface area contributed by atoms with Crippen molar-refractivity contribution < 1.29 is 4.79 Å². The lowest BCUT2D eigenvalue weighted by Gasteiger charge is -2.32. The first kappa shape index (κ1) is 11.8. The third-order valence-electron chi connectivity index (χ3n) is 3.47. The first-order valence-electron chi connectivity index (χ1n) is 5.99. The van der Waals surface area contributed by atoms with Gasteiger partial charge in [0.1, 0.15) is 0 Å². The van der Waals surface area contributed by atoms with Gasteiger partial charge in [-0.2, -0.15) is 0 Å². The fourth-order valence-electron chi connectivity index (χ4n) is 2.34. The number of benzene rings is 1. The fourth-order valence-corrected chi connectivity index (χ4v) is 2.34. The number of primary amides is 1. The number of nitrogens with two attached hydrogens (primary N) is 2. The molecular weight excluding hydrogens is 214 g/mol. The van der Waals surface area contributed by atoms with Gasteiger partial charge in [0.2, 0.25) is 0 Å². The summed E-state index contributed by atoms with van der Waals surface area (Å²) in [5.41, 5.74) is 13.2. The number of nitrogen functional groups attached to an aromatic ring is 1. The van der Waals surface area contributed by atoms with Crippen LogP contribution in [0.5, 0.6) is 0 Å². The van der Waals surface area contributed by atoms with E-state index in [1.807, 2.05) is 7.05 Å². The number of anilines is 2. The molecule has 0 spiro atoms. The van der Waals surface area contributed by atoms with Gasteiger partial charge in [0, 0.05) is 13.6 Å². The van der Waals surface area contributed by atoms with Gasteiger partial charge < -0.3 is 16.4 Å². The van der Waals surface area contributed by atoms with Crippen LogP contribution >= 0.6 is 0 Å². The van der Waals surface area contributed by atoms with E-state index in [0.717, 1.165) is 18.2 Å². The van der Waals surface area contributed by atoms with Gasteiger partial charge in [-0.05, 0) is 30.9 Å². The highest BCUT2D eigenvalue weighted by Crippen LogP contribution is 2.32. The number of para-hydroxylation sites is 1. The van der Waals surface area contributed by atoms with Crippen LogP contribution in [0.1, 0.15) is 29.6 Å². The van der Waals surface area contributed by atoms with Crippen LogP contribution in [0.15, 0.2) is 18.2 Å². The van der Waals surface area contributed by atoms with E-state index in [2.05, 4.69) is 4.90 Å². The second-order valence-corrected chi connectivity index (χ2v) is 4.79. The van der Waals surface area contributed by atoms with Crippen LogP contribution in [0.3, 0.4) is 0 Å². The Hall–Kier alpha value is -1.71. The average Bonchev–Trinajstić information content (AvgIpc) is 2.22. The largest absolute Gasteiger partial charge is 0.397 e. The number of carbonyl (C=O) groups is 1. The van der Waals surface area contributed by atoms with Gasteiger partial charge in [-0.3, -0.25) is 4.79 Å². The Morgan fingerprint density at radius 2 is 2.18 bits per heavy atom. The Morgan fingerprint density at radius 3 is 2.71 bits per heavy atom. The molecule has 0 heterocycles. The lowest BCUT2D eigenvalue weighted by molar-refractivity contribution is 0.100. The number of rotatable bonds is 4. The molecule has 2 rings (SSSR count).